The largest absolute Gasteiger partial charge is 0.548 e. The van der Waals surface area contributed by atoms with Crippen molar-refractivity contribution in [2.24, 2.45) is 0 Å². The minimum absolute atomic E-state index is 0.0794. The number of hydrogen-bond acceptors (Lipinski definition) is 3. The van der Waals surface area contributed by atoms with Crippen molar-refractivity contribution in [3.63, 3.8) is 0 Å². The molecular formula is C6H8NO3-. The second-order valence-electron chi connectivity index (χ2n) is 2.29. The predicted octanol–water partition coefficient (Wildman–Crippen LogP) is -1.64. The molecule has 0 bridgehead atoms. The SMILES string of the molecule is O=C([O-])CN1CCCC1=O. The summed E-state index contributed by atoms with van der Waals surface area (Å²) in [5.41, 5.74) is 0. The number of carbonyl (C=O) groups excluding carboxylic acids is 2. The quantitative estimate of drug-likeness (QED) is 0.464. The molecule has 1 aliphatic heterocycles. The topological polar surface area (TPSA) is 60.4 Å². The van der Waals surface area contributed by atoms with E-state index in [0.717, 1.165) is 6.42 Å². The van der Waals surface area contributed by atoms with Crippen LogP contribution in [0.3, 0.4) is 0 Å². The summed E-state index contributed by atoms with van der Waals surface area (Å²) in [5.74, 6) is -1.26. The summed E-state index contributed by atoms with van der Waals surface area (Å²) in [6.45, 7) is 0.311. The molecule has 1 heterocycles. The van der Waals surface area contributed by atoms with E-state index in [0.29, 0.717) is 13.0 Å². The van der Waals surface area contributed by atoms with E-state index in [1.54, 1.807) is 0 Å². The monoisotopic (exact) mass is 142 g/mol. The van der Waals surface area contributed by atoms with Gasteiger partial charge in [-0.25, -0.2) is 0 Å². The van der Waals surface area contributed by atoms with Gasteiger partial charge in [0, 0.05) is 13.0 Å². The lowest BCUT2D eigenvalue weighted by Gasteiger charge is -2.14. The maximum Gasteiger partial charge on any atom is 0.222 e. The molecule has 1 amide bonds. The van der Waals surface area contributed by atoms with E-state index < -0.39 is 5.97 Å². The van der Waals surface area contributed by atoms with Crippen LogP contribution in [0, 0.1) is 0 Å². The van der Waals surface area contributed by atoms with Gasteiger partial charge in [0.1, 0.15) is 0 Å². The van der Waals surface area contributed by atoms with E-state index in [-0.39, 0.29) is 12.5 Å². The van der Waals surface area contributed by atoms with Gasteiger partial charge in [-0.1, -0.05) is 0 Å². The Kier molecular flexibility index (Phi) is 1.89. The van der Waals surface area contributed by atoms with Gasteiger partial charge in [0.15, 0.2) is 0 Å². The van der Waals surface area contributed by atoms with Crippen LogP contribution in [0.25, 0.3) is 0 Å². The zero-order valence-electron chi connectivity index (χ0n) is 5.50. The number of aliphatic carboxylic acids is 1. The number of carbonyl (C=O) groups is 2. The molecule has 0 aromatic rings. The highest BCUT2D eigenvalue weighted by Gasteiger charge is 2.19. The number of carboxylic acid groups (broad SMARTS) is 1. The van der Waals surface area contributed by atoms with Crippen molar-refractivity contribution in [2.45, 2.75) is 12.8 Å². The Balaban J connectivity index is 2.40. The number of rotatable bonds is 2. The van der Waals surface area contributed by atoms with Crippen molar-refractivity contribution in [1.29, 1.82) is 0 Å². The Morgan fingerprint density at radius 1 is 1.70 bits per heavy atom. The van der Waals surface area contributed by atoms with Crippen LogP contribution in [0.15, 0.2) is 0 Å². The van der Waals surface area contributed by atoms with Crippen molar-refractivity contribution in [3.05, 3.63) is 0 Å². The van der Waals surface area contributed by atoms with Gasteiger partial charge in [-0.3, -0.25) is 4.79 Å². The number of carboxylic acids is 1. The summed E-state index contributed by atoms with van der Waals surface area (Å²) in [4.78, 5) is 22.0. The molecule has 0 aromatic heterocycles. The first-order chi connectivity index (χ1) is 4.70. The zero-order chi connectivity index (χ0) is 7.56. The molecule has 0 aliphatic carbocycles. The zero-order valence-corrected chi connectivity index (χ0v) is 5.50. The van der Waals surface area contributed by atoms with Crippen LogP contribution in [0.5, 0.6) is 0 Å². The fourth-order valence-electron chi connectivity index (χ4n) is 1.03. The van der Waals surface area contributed by atoms with Gasteiger partial charge in [-0.15, -0.1) is 0 Å². The summed E-state index contributed by atoms with van der Waals surface area (Å²) in [6, 6.07) is 0. The lowest BCUT2D eigenvalue weighted by molar-refractivity contribution is -0.305. The third-order valence-corrected chi connectivity index (χ3v) is 1.49. The van der Waals surface area contributed by atoms with Crippen LogP contribution >= 0.6 is 0 Å². The molecule has 0 atom stereocenters. The van der Waals surface area contributed by atoms with E-state index in [2.05, 4.69) is 0 Å². The number of hydrogen-bond donors (Lipinski definition) is 0. The minimum atomic E-state index is -1.18. The van der Waals surface area contributed by atoms with E-state index in [4.69, 9.17) is 0 Å². The molecule has 0 spiro atoms. The fourth-order valence-corrected chi connectivity index (χ4v) is 1.03. The highest BCUT2D eigenvalue weighted by atomic mass is 16.4. The van der Waals surface area contributed by atoms with Crippen molar-refractivity contribution in [1.82, 2.24) is 4.90 Å². The molecule has 0 saturated carbocycles. The van der Waals surface area contributed by atoms with Gasteiger partial charge < -0.3 is 14.8 Å². The molecule has 1 rings (SSSR count). The Morgan fingerprint density at radius 3 is 2.80 bits per heavy atom. The molecule has 4 nitrogen and oxygen atoms in total. The Morgan fingerprint density at radius 2 is 2.40 bits per heavy atom. The van der Waals surface area contributed by atoms with Gasteiger partial charge in [-0.05, 0) is 6.42 Å². The van der Waals surface area contributed by atoms with Gasteiger partial charge in [0.25, 0.3) is 0 Å². The van der Waals surface area contributed by atoms with Crippen molar-refractivity contribution in [3.8, 4) is 0 Å². The maximum atomic E-state index is 10.7. The Hall–Kier alpha value is -1.06. The standard InChI is InChI=1S/C6H9NO3/c8-5-2-1-3-7(5)4-6(9)10/h1-4H2,(H,9,10)/p-1. The molecule has 0 aromatic carbocycles. The van der Waals surface area contributed by atoms with Crippen LogP contribution < -0.4 is 5.11 Å². The summed E-state index contributed by atoms with van der Waals surface area (Å²) in [7, 11) is 0. The molecule has 4 heteroatoms. The molecular weight excluding hydrogens is 134 g/mol. The van der Waals surface area contributed by atoms with Crippen molar-refractivity contribution < 1.29 is 14.7 Å². The van der Waals surface area contributed by atoms with Gasteiger partial charge in [0.2, 0.25) is 5.91 Å². The van der Waals surface area contributed by atoms with Crippen molar-refractivity contribution in [2.75, 3.05) is 13.1 Å². The molecule has 0 unspecified atom stereocenters. The van der Waals surface area contributed by atoms with E-state index in [1.807, 2.05) is 0 Å². The highest BCUT2D eigenvalue weighted by molar-refractivity contribution is 5.82. The first kappa shape index (κ1) is 7.05. The van der Waals surface area contributed by atoms with Crippen LogP contribution in [0.1, 0.15) is 12.8 Å². The lowest BCUT2D eigenvalue weighted by Crippen LogP contribution is -2.38. The van der Waals surface area contributed by atoms with E-state index >= 15 is 0 Å². The third kappa shape index (κ3) is 1.46. The third-order valence-electron chi connectivity index (χ3n) is 1.49. The summed E-state index contributed by atoms with van der Waals surface area (Å²) >= 11 is 0. The van der Waals surface area contributed by atoms with E-state index in [9.17, 15) is 14.7 Å². The second kappa shape index (κ2) is 2.68. The van der Waals surface area contributed by atoms with E-state index in [1.165, 1.54) is 4.90 Å². The summed E-state index contributed by atoms with van der Waals surface area (Å²) in [6.07, 6.45) is 1.25. The summed E-state index contributed by atoms with van der Waals surface area (Å²) in [5, 5.41) is 10.00. The smallest absolute Gasteiger partial charge is 0.222 e. The average Bonchev–Trinajstić information content (AvgIpc) is 2.15. The fraction of sp³-hybridized carbons (Fsp3) is 0.667. The summed E-state index contributed by atoms with van der Waals surface area (Å²) < 4.78 is 0. The van der Waals surface area contributed by atoms with Crippen LogP contribution in [0.4, 0.5) is 0 Å². The average molecular weight is 142 g/mol. The Labute approximate surface area is 58.4 Å². The molecule has 1 aliphatic rings. The van der Waals surface area contributed by atoms with Gasteiger partial charge in [-0.2, -0.15) is 0 Å². The first-order valence-corrected chi connectivity index (χ1v) is 3.18. The first-order valence-electron chi connectivity index (χ1n) is 3.18. The molecule has 0 radical (unpaired) electrons. The van der Waals surface area contributed by atoms with Gasteiger partial charge in [0.05, 0.1) is 12.5 Å². The van der Waals surface area contributed by atoms with Crippen LogP contribution in [-0.2, 0) is 9.59 Å². The van der Waals surface area contributed by atoms with Gasteiger partial charge >= 0.3 is 0 Å². The maximum absolute atomic E-state index is 10.7. The molecule has 1 fully saturated rings. The van der Waals surface area contributed by atoms with Crippen LogP contribution in [-0.4, -0.2) is 29.9 Å². The highest BCUT2D eigenvalue weighted by Crippen LogP contribution is 2.07. The number of amides is 1. The second-order valence-corrected chi connectivity index (χ2v) is 2.29. The molecule has 0 N–H and O–H groups in total. The Bertz CT molecular complexity index is 166. The normalized spacial score (nSPS) is 18.0. The molecule has 1 saturated heterocycles. The number of nitrogens with zero attached hydrogens (tertiary/aromatic N) is 1. The molecule has 56 valence electrons. The lowest BCUT2D eigenvalue weighted by atomic mass is 10.4. The van der Waals surface area contributed by atoms with Crippen LogP contribution in [0.2, 0.25) is 0 Å². The minimum Gasteiger partial charge on any atom is -0.548 e. The number of likely N-dealkylation sites (tertiary alicyclic amines) is 1. The van der Waals surface area contributed by atoms with Crippen molar-refractivity contribution >= 4 is 11.9 Å². The predicted molar refractivity (Wildman–Crippen MR) is 30.8 cm³/mol. The molecule has 10 heavy (non-hydrogen) atoms.